The number of hydrogen-bond acceptors (Lipinski definition) is 4. The second kappa shape index (κ2) is 9.25. The fraction of sp³-hybridized carbons (Fsp3) is 0.188. The quantitative estimate of drug-likeness (QED) is 0.745. The third kappa shape index (κ3) is 6.62. The van der Waals surface area contributed by atoms with E-state index in [-0.39, 0.29) is 0 Å². The lowest BCUT2D eigenvalue weighted by Crippen LogP contribution is -2.13. The molecule has 1 aromatic heterocycles. The van der Waals surface area contributed by atoms with Gasteiger partial charge in [0.05, 0.1) is 0 Å². The molecule has 0 aliphatic carbocycles. The predicted molar refractivity (Wildman–Crippen MR) is 81.2 cm³/mol. The van der Waals surface area contributed by atoms with E-state index in [2.05, 4.69) is 47.6 Å². The molecule has 0 atom stereocenters. The molecule has 0 fully saturated rings. The number of carboxylic acid groups (broad SMARTS) is 2. The zero-order valence-corrected chi connectivity index (χ0v) is 12.2. The van der Waals surface area contributed by atoms with Gasteiger partial charge in [0.2, 0.25) is 0 Å². The summed E-state index contributed by atoms with van der Waals surface area (Å²) in [4.78, 5) is 22.3. The van der Waals surface area contributed by atoms with Gasteiger partial charge in [-0.3, -0.25) is 4.98 Å². The van der Waals surface area contributed by atoms with Crippen LogP contribution in [0.4, 0.5) is 0 Å². The van der Waals surface area contributed by atoms with Crippen molar-refractivity contribution in [3.05, 3.63) is 65.5 Å². The van der Waals surface area contributed by atoms with Gasteiger partial charge in [0.25, 0.3) is 0 Å². The molecule has 6 nitrogen and oxygen atoms in total. The van der Waals surface area contributed by atoms with Gasteiger partial charge in [-0.05, 0) is 29.7 Å². The molecule has 0 saturated carbocycles. The minimum absolute atomic E-state index is 0.863. The van der Waals surface area contributed by atoms with Gasteiger partial charge < -0.3 is 15.5 Å². The number of nitrogens with zero attached hydrogens (tertiary/aromatic N) is 1. The normalized spacial score (nSPS) is 9.50. The highest BCUT2D eigenvalue weighted by atomic mass is 16.4. The molecule has 22 heavy (non-hydrogen) atoms. The minimum atomic E-state index is -1.82. The Kier molecular flexibility index (Phi) is 7.28. The van der Waals surface area contributed by atoms with E-state index in [4.69, 9.17) is 19.8 Å². The molecule has 0 aliphatic rings. The van der Waals surface area contributed by atoms with Crippen LogP contribution in [0.25, 0.3) is 0 Å². The number of pyridine rings is 1. The Morgan fingerprint density at radius 2 is 1.73 bits per heavy atom. The van der Waals surface area contributed by atoms with Crippen LogP contribution in [-0.4, -0.2) is 27.1 Å². The first-order valence-electron chi connectivity index (χ1n) is 6.61. The maximum atomic E-state index is 9.10. The van der Waals surface area contributed by atoms with Gasteiger partial charge in [-0.1, -0.05) is 30.3 Å². The molecule has 0 saturated heterocycles. The van der Waals surface area contributed by atoms with E-state index >= 15 is 0 Å². The smallest absolute Gasteiger partial charge is 0.414 e. The van der Waals surface area contributed by atoms with E-state index in [9.17, 15) is 0 Å². The maximum Gasteiger partial charge on any atom is 0.414 e. The van der Waals surface area contributed by atoms with Crippen molar-refractivity contribution in [2.75, 3.05) is 0 Å². The van der Waals surface area contributed by atoms with Gasteiger partial charge in [-0.15, -0.1) is 0 Å². The monoisotopic (exact) mass is 302 g/mol. The number of aromatic nitrogens is 1. The highest BCUT2D eigenvalue weighted by Gasteiger charge is 2.04. The Morgan fingerprint density at radius 1 is 1.05 bits per heavy atom. The topological polar surface area (TPSA) is 99.5 Å². The minimum Gasteiger partial charge on any atom is -0.473 e. The van der Waals surface area contributed by atoms with Gasteiger partial charge in [-0.2, -0.15) is 0 Å². The van der Waals surface area contributed by atoms with Gasteiger partial charge in [0.15, 0.2) is 0 Å². The summed E-state index contributed by atoms with van der Waals surface area (Å²) >= 11 is 0. The first kappa shape index (κ1) is 17.3. The largest absolute Gasteiger partial charge is 0.473 e. The van der Waals surface area contributed by atoms with Crippen molar-refractivity contribution in [3.8, 4) is 0 Å². The fourth-order valence-electron chi connectivity index (χ4n) is 1.65. The fourth-order valence-corrected chi connectivity index (χ4v) is 1.65. The molecular weight excluding hydrogens is 284 g/mol. The summed E-state index contributed by atoms with van der Waals surface area (Å²) in [6.45, 7) is 3.91. The third-order valence-electron chi connectivity index (χ3n) is 2.81. The number of carboxylic acids is 2. The molecular formula is C16H18N2O4. The lowest BCUT2D eigenvalue weighted by molar-refractivity contribution is -0.159. The van der Waals surface area contributed by atoms with Crippen molar-refractivity contribution in [3.63, 3.8) is 0 Å². The van der Waals surface area contributed by atoms with Crippen LogP contribution in [0.3, 0.4) is 0 Å². The number of benzene rings is 1. The van der Waals surface area contributed by atoms with Crippen molar-refractivity contribution in [2.24, 2.45) is 0 Å². The van der Waals surface area contributed by atoms with Crippen LogP contribution in [0, 0.1) is 6.92 Å². The average Bonchev–Trinajstić information content (AvgIpc) is 2.51. The SMILES string of the molecule is Cc1ccccc1CNCc1cccnc1.O=C(O)C(=O)O. The van der Waals surface area contributed by atoms with Crippen LogP contribution >= 0.6 is 0 Å². The number of carbonyl (C=O) groups is 2. The summed E-state index contributed by atoms with van der Waals surface area (Å²) in [6.07, 6.45) is 3.69. The molecule has 0 radical (unpaired) electrons. The van der Waals surface area contributed by atoms with Gasteiger partial charge in [0.1, 0.15) is 0 Å². The van der Waals surface area contributed by atoms with Gasteiger partial charge in [-0.25, -0.2) is 9.59 Å². The molecule has 2 rings (SSSR count). The van der Waals surface area contributed by atoms with Gasteiger partial charge in [0, 0.05) is 25.5 Å². The van der Waals surface area contributed by atoms with Crippen molar-refractivity contribution in [1.82, 2.24) is 10.3 Å². The number of rotatable bonds is 4. The Bertz CT molecular complexity index is 603. The summed E-state index contributed by atoms with van der Waals surface area (Å²) < 4.78 is 0. The third-order valence-corrected chi connectivity index (χ3v) is 2.81. The van der Waals surface area contributed by atoms with Crippen LogP contribution in [0.1, 0.15) is 16.7 Å². The molecule has 1 heterocycles. The molecule has 0 spiro atoms. The van der Waals surface area contributed by atoms with Crippen LogP contribution < -0.4 is 5.32 Å². The van der Waals surface area contributed by atoms with Crippen molar-refractivity contribution >= 4 is 11.9 Å². The zero-order chi connectivity index (χ0) is 16.4. The van der Waals surface area contributed by atoms with E-state index in [1.165, 1.54) is 16.7 Å². The van der Waals surface area contributed by atoms with Crippen LogP contribution in [0.5, 0.6) is 0 Å². The van der Waals surface area contributed by atoms with E-state index in [0.717, 1.165) is 13.1 Å². The lowest BCUT2D eigenvalue weighted by atomic mass is 10.1. The van der Waals surface area contributed by atoms with Crippen molar-refractivity contribution in [1.29, 1.82) is 0 Å². The maximum absolute atomic E-state index is 9.10. The average molecular weight is 302 g/mol. The Morgan fingerprint density at radius 3 is 2.27 bits per heavy atom. The second-order valence-electron chi connectivity index (χ2n) is 4.50. The molecule has 0 aliphatic heterocycles. The molecule has 116 valence electrons. The number of hydrogen-bond donors (Lipinski definition) is 3. The zero-order valence-electron chi connectivity index (χ0n) is 12.2. The Balaban J connectivity index is 0.000000346. The summed E-state index contributed by atoms with van der Waals surface area (Å²) in [5, 5.41) is 18.2. The van der Waals surface area contributed by atoms with Crippen LogP contribution in [0.2, 0.25) is 0 Å². The number of nitrogens with one attached hydrogen (secondary N) is 1. The number of aryl methyl sites for hydroxylation is 1. The first-order valence-corrected chi connectivity index (χ1v) is 6.61. The molecule has 0 bridgehead atoms. The van der Waals surface area contributed by atoms with Crippen molar-refractivity contribution < 1.29 is 19.8 Å². The second-order valence-corrected chi connectivity index (χ2v) is 4.50. The van der Waals surface area contributed by atoms with Crippen molar-refractivity contribution in [2.45, 2.75) is 20.0 Å². The van der Waals surface area contributed by atoms with E-state index in [1.807, 2.05) is 12.3 Å². The Labute approximate surface area is 128 Å². The van der Waals surface area contributed by atoms with E-state index in [1.54, 1.807) is 6.20 Å². The number of aliphatic carboxylic acids is 2. The summed E-state index contributed by atoms with van der Waals surface area (Å²) in [5.41, 5.74) is 3.91. The molecule has 1 aromatic carbocycles. The summed E-state index contributed by atoms with van der Waals surface area (Å²) in [6, 6.07) is 12.5. The highest BCUT2D eigenvalue weighted by molar-refractivity contribution is 6.27. The molecule has 0 amide bonds. The highest BCUT2D eigenvalue weighted by Crippen LogP contribution is 2.06. The first-order chi connectivity index (χ1) is 10.5. The van der Waals surface area contributed by atoms with Crippen LogP contribution in [-0.2, 0) is 22.7 Å². The molecule has 3 N–H and O–H groups in total. The Hall–Kier alpha value is -2.73. The standard InChI is InChI=1S/C14H16N2.C2H2O4/c1-12-5-2-3-7-14(12)11-16-10-13-6-4-8-15-9-13;3-1(4)2(5)6/h2-9,16H,10-11H2,1H3;(H,3,4)(H,5,6). The van der Waals surface area contributed by atoms with E-state index in [0.29, 0.717) is 0 Å². The molecule has 2 aromatic rings. The molecule has 0 unspecified atom stereocenters. The van der Waals surface area contributed by atoms with E-state index < -0.39 is 11.9 Å². The van der Waals surface area contributed by atoms with Crippen LogP contribution in [0.15, 0.2) is 48.8 Å². The summed E-state index contributed by atoms with van der Waals surface area (Å²) in [5.74, 6) is -3.65. The summed E-state index contributed by atoms with van der Waals surface area (Å²) in [7, 11) is 0. The lowest BCUT2D eigenvalue weighted by Gasteiger charge is -2.07. The predicted octanol–water partition coefficient (Wildman–Crippen LogP) is 1.84. The van der Waals surface area contributed by atoms with Gasteiger partial charge >= 0.3 is 11.9 Å². The molecule has 6 heteroatoms.